The van der Waals surface area contributed by atoms with Gasteiger partial charge in [0.2, 0.25) is 5.89 Å². The van der Waals surface area contributed by atoms with Gasteiger partial charge in [-0.2, -0.15) is 0 Å². The number of aromatic nitrogens is 1. The second kappa shape index (κ2) is 8.43. The second-order valence-electron chi connectivity index (χ2n) is 5.35. The van der Waals surface area contributed by atoms with Crippen molar-refractivity contribution in [3.63, 3.8) is 0 Å². The summed E-state index contributed by atoms with van der Waals surface area (Å²) >= 11 is 1.59. The molecule has 25 heavy (non-hydrogen) atoms. The summed E-state index contributed by atoms with van der Waals surface area (Å²) in [6, 6.07) is 10.5. The van der Waals surface area contributed by atoms with Crippen LogP contribution in [0.5, 0.6) is 0 Å². The summed E-state index contributed by atoms with van der Waals surface area (Å²) in [5.74, 6) is 1.07. The van der Waals surface area contributed by atoms with Gasteiger partial charge in [-0.25, -0.2) is 9.37 Å². The Kier molecular flexibility index (Phi) is 5.79. The Morgan fingerprint density at radius 1 is 1.28 bits per heavy atom. The number of hydrogen-bond donors (Lipinski definition) is 2. The van der Waals surface area contributed by atoms with E-state index >= 15 is 0 Å². The van der Waals surface area contributed by atoms with Gasteiger partial charge in [-0.3, -0.25) is 4.99 Å². The standard InChI is InChI=1S/C18H19FN4OS/c1-20-18(21-8-7-13-4-2-5-14(19)10-13)22-11-15-12-24-17(23-15)16-6-3-9-25-16/h2-6,9-10,12H,7-8,11H2,1H3,(H2,20,21,22). The zero-order valence-electron chi connectivity index (χ0n) is 13.8. The number of thiophene rings is 1. The van der Waals surface area contributed by atoms with Crippen LogP contribution < -0.4 is 10.6 Å². The number of halogens is 1. The number of hydrogen-bond acceptors (Lipinski definition) is 4. The van der Waals surface area contributed by atoms with Gasteiger partial charge in [0.05, 0.1) is 17.1 Å². The molecule has 0 fully saturated rings. The third kappa shape index (κ3) is 4.90. The Hall–Kier alpha value is -2.67. The highest BCUT2D eigenvalue weighted by molar-refractivity contribution is 7.13. The molecule has 0 saturated heterocycles. The van der Waals surface area contributed by atoms with E-state index < -0.39 is 0 Å². The van der Waals surface area contributed by atoms with Crippen LogP contribution in [0.25, 0.3) is 10.8 Å². The van der Waals surface area contributed by atoms with E-state index in [4.69, 9.17) is 4.42 Å². The van der Waals surface area contributed by atoms with E-state index in [1.165, 1.54) is 6.07 Å². The van der Waals surface area contributed by atoms with Crippen LogP contribution in [0.4, 0.5) is 4.39 Å². The summed E-state index contributed by atoms with van der Waals surface area (Å²) in [4.78, 5) is 9.63. The van der Waals surface area contributed by atoms with Crippen LogP contribution in [0, 0.1) is 5.82 Å². The number of benzene rings is 1. The first-order valence-electron chi connectivity index (χ1n) is 7.92. The van der Waals surface area contributed by atoms with E-state index in [1.807, 2.05) is 23.6 Å². The Labute approximate surface area is 149 Å². The highest BCUT2D eigenvalue weighted by Crippen LogP contribution is 2.23. The lowest BCUT2D eigenvalue weighted by Crippen LogP contribution is -2.37. The molecule has 0 radical (unpaired) electrons. The molecule has 0 amide bonds. The predicted octanol–water partition coefficient (Wildman–Crippen LogP) is 3.45. The van der Waals surface area contributed by atoms with Gasteiger partial charge in [-0.05, 0) is 35.6 Å². The molecule has 0 aliphatic rings. The molecule has 2 N–H and O–H groups in total. The number of oxazole rings is 1. The lowest BCUT2D eigenvalue weighted by Gasteiger charge is -2.10. The minimum atomic E-state index is -0.215. The van der Waals surface area contributed by atoms with Crippen molar-refractivity contribution in [1.29, 1.82) is 0 Å². The van der Waals surface area contributed by atoms with Crippen molar-refractivity contribution in [3.8, 4) is 10.8 Å². The maximum atomic E-state index is 13.2. The van der Waals surface area contributed by atoms with Crippen molar-refractivity contribution in [3.05, 3.63) is 65.1 Å². The molecule has 0 saturated carbocycles. The Morgan fingerprint density at radius 2 is 2.20 bits per heavy atom. The smallest absolute Gasteiger partial charge is 0.236 e. The quantitative estimate of drug-likeness (QED) is 0.523. The molecule has 0 aliphatic heterocycles. The third-order valence-electron chi connectivity index (χ3n) is 3.54. The highest BCUT2D eigenvalue weighted by Gasteiger charge is 2.08. The summed E-state index contributed by atoms with van der Waals surface area (Å²) in [5, 5.41) is 8.38. The van der Waals surface area contributed by atoms with Crippen molar-refractivity contribution < 1.29 is 8.81 Å². The maximum absolute atomic E-state index is 13.2. The van der Waals surface area contributed by atoms with Gasteiger partial charge >= 0.3 is 0 Å². The zero-order chi connectivity index (χ0) is 17.5. The fourth-order valence-corrected chi connectivity index (χ4v) is 2.97. The molecule has 0 unspecified atom stereocenters. The largest absolute Gasteiger partial charge is 0.443 e. The van der Waals surface area contributed by atoms with Gasteiger partial charge in [0.1, 0.15) is 12.1 Å². The molecule has 0 atom stereocenters. The molecule has 1 aromatic carbocycles. The van der Waals surface area contributed by atoms with Crippen molar-refractivity contribution in [2.45, 2.75) is 13.0 Å². The molecule has 7 heteroatoms. The first-order valence-corrected chi connectivity index (χ1v) is 8.80. The molecule has 3 rings (SSSR count). The van der Waals surface area contributed by atoms with Crippen LogP contribution in [-0.2, 0) is 13.0 Å². The van der Waals surface area contributed by atoms with Gasteiger partial charge in [0, 0.05) is 13.6 Å². The van der Waals surface area contributed by atoms with Crippen LogP contribution in [-0.4, -0.2) is 24.5 Å². The van der Waals surface area contributed by atoms with Gasteiger partial charge < -0.3 is 15.1 Å². The van der Waals surface area contributed by atoms with Gasteiger partial charge in [-0.15, -0.1) is 11.3 Å². The number of guanidine groups is 1. The molecule has 2 heterocycles. The van der Waals surface area contributed by atoms with Crippen LogP contribution in [0.2, 0.25) is 0 Å². The summed E-state index contributed by atoms with van der Waals surface area (Å²) < 4.78 is 18.6. The topological polar surface area (TPSA) is 62.5 Å². The van der Waals surface area contributed by atoms with Gasteiger partial charge in [0.25, 0.3) is 0 Å². The minimum Gasteiger partial charge on any atom is -0.443 e. The minimum absolute atomic E-state index is 0.215. The lowest BCUT2D eigenvalue weighted by molar-refractivity contribution is 0.573. The van der Waals surface area contributed by atoms with Crippen molar-refractivity contribution in [1.82, 2.24) is 15.6 Å². The molecular weight excluding hydrogens is 339 g/mol. The molecule has 5 nitrogen and oxygen atoms in total. The van der Waals surface area contributed by atoms with Crippen molar-refractivity contribution in [2.24, 2.45) is 4.99 Å². The Morgan fingerprint density at radius 3 is 2.96 bits per heavy atom. The first-order chi connectivity index (χ1) is 12.2. The average molecular weight is 358 g/mol. The Bertz CT molecular complexity index is 829. The molecule has 0 bridgehead atoms. The van der Waals surface area contributed by atoms with Crippen LogP contribution in [0.3, 0.4) is 0 Å². The molecule has 0 spiro atoms. The monoisotopic (exact) mass is 358 g/mol. The molecule has 0 aliphatic carbocycles. The molecular formula is C18H19FN4OS. The summed E-state index contributed by atoms with van der Waals surface area (Å²) in [6.45, 7) is 1.16. The van der Waals surface area contributed by atoms with Gasteiger partial charge in [0.15, 0.2) is 5.96 Å². The highest BCUT2D eigenvalue weighted by atomic mass is 32.1. The predicted molar refractivity (Wildman–Crippen MR) is 98.1 cm³/mol. The number of rotatable bonds is 6. The SMILES string of the molecule is CN=C(NCCc1cccc(F)c1)NCc1coc(-c2cccs2)n1. The Balaban J connectivity index is 1.46. The third-order valence-corrected chi connectivity index (χ3v) is 4.40. The first kappa shape index (κ1) is 17.2. The van der Waals surface area contributed by atoms with Crippen molar-refractivity contribution in [2.75, 3.05) is 13.6 Å². The number of nitrogens with zero attached hydrogens (tertiary/aromatic N) is 2. The van der Waals surface area contributed by atoms with Gasteiger partial charge in [-0.1, -0.05) is 18.2 Å². The number of nitrogens with one attached hydrogen (secondary N) is 2. The van der Waals surface area contributed by atoms with E-state index in [1.54, 1.807) is 36.8 Å². The maximum Gasteiger partial charge on any atom is 0.236 e. The van der Waals surface area contributed by atoms with E-state index in [-0.39, 0.29) is 5.82 Å². The lowest BCUT2D eigenvalue weighted by atomic mass is 10.1. The summed E-state index contributed by atoms with van der Waals surface area (Å²) in [5.41, 5.74) is 1.75. The molecule has 3 aromatic rings. The van der Waals surface area contributed by atoms with E-state index in [2.05, 4.69) is 20.6 Å². The number of aliphatic imine (C=N–C) groups is 1. The second-order valence-corrected chi connectivity index (χ2v) is 6.30. The average Bonchev–Trinajstić information content (AvgIpc) is 3.29. The van der Waals surface area contributed by atoms with Crippen LogP contribution in [0.1, 0.15) is 11.3 Å². The molecule has 130 valence electrons. The van der Waals surface area contributed by atoms with E-state index in [9.17, 15) is 4.39 Å². The fraction of sp³-hybridized carbons (Fsp3) is 0.222. The van der Waals surface area contributed by atoms with E-state index in [0.29, 0.717) is 31.4 Å². The summed E-state index contributed by atoms with van der Waals surface area (Å²) in [7, 11) is 1.71. The van der Waals surface area contributed by atoms with E-state index in [0.717, 1.165) is 16.1 Å². The molecule has 2 aromatic heterocycles. The fourth-order valence-electron chi connectivity index (χ4n) is 2.31. The van der Waals surface area contributed by atoms with Crippen LogP contribution in [0.15, 0.2) is 57.5 Å². The van der Waals surface area contributed by atoms with Crippen LogP contribution >= 0.6 is 11.3 Å². The zero-order valence-corrected chi connectivity index (χ0v) is 14.6. The van der Waals surface area contributed by atoms with Crippen molar-refractivity contribution >= 4 is 17.3 Å². The summed E-state index contributed by atoms with van der Waals surface area (Å²) in [6.07, 6.45) is 2.35. The normalized spacial score (nSPS) is 11.5.